The Bertz CT molecular complexity index is 304. The smallest absolute Gasteiger partial charge is 0.239 e. The minimum atomic E-state index is -0.127. The van der Waals surface area contributed by atoms with Gasteiger partial charge in [-0.2, -0.15) is 0 Å². The van der Waals surface area contributed by atoms with Crippen molar-refractivity contribution in [2.45, 2.75) is 38.1 Å². The molecule has 6 heteroatoms. The summed E-state index contributed by atoms with van der Waals surface area (Å²) in [5.41, 5.74) is 0. The summed E-state index contributed by atoms with van der Waals surface area (Å²) in [6, 6.07) is 0.468. The number of likely N-dealkylation sites (N-methyl/N-ethyl adjacent to an activating group) is 1. The molecule has 0 aliphatic heterocycles. The summed E-state index contributed by atoms with van der Waals surface area (Å²) in [4.78, 5) is 25.0. The van der Waals surface area contributed by atoms with Crippen LogP contribution in [0.1, 0.15) is 32.1 Å². The number of hydrogen-bond acceptors (Lipinski definition) is 4. The summed E-state index contributed by atoms with van der Waals surface area (Å²) >= 11 is 0. The molecular weight excluding hydrogens is 258 g/mol. The molecule has 6 nitrogen and oxygen atoms in total. The van der Waals surface area contributed by atoms with Crippen LogP contribution in [0.25, 0.3) is 0 Å². The number of nitrogens with zero attached hydrogens (tertiary/aromatic N) is 1. The molecule has 2 N–H and O–H groups in total. The molecule has 1 aliphatic carbocycles. The number of hydrogen-bond donors (Lipinski definition) is 2. The van der Waals surface area contributed by atoms with Crippen LogP contribution in [0, 0.1) is 0 Å². The van der Waals surface area contributed by atoms with E-state index in [9.17, 15) is 9.59 Å². The standard InChI is InChI=1S/C14H27N3O3/c1-17(11-13(18)15-8-5-9-20-2)14(19)10-16-12-6-3-4-7-12/h12,16H,3-11H2,1-2H3,(H,15,18). The SMILES string of the molecule is COCCCNC(=O)CN(C)C(=O)CNC1CCCC1. The largest absolute Gasteiger partial charge is 0.385 e. The molecule has 1 aliphatic rings. The van der Waals surface area contributed by atoms with Gasteiger partial charge in [0.2, 0.25) is 11.8 Å². The van der Waals surface area contributed by atoms with Crippen LogP contribution < -0.4 is 10.6 Å². The Hall–Kier alpha value is -1.14. The molecule has 0 atom stereocenters. The fourth-order valence-electron chi connectivity index (χ4n) is 2.30. The zero-order valence-electron chi connectivity index (χ0n) is 12.6. The van der Waals surface area contributed by atoms with Crippen LogP contribution in [0.3, 0.4) is 0 Å². The summed E-state index contributed by atoms with van der Waals surface area (Å²) in [6.07, 6.45) is 5.56. The van der Waals surface area contributed by atoms with E-state index in [1.54, 1.807) is 14.2 Å². The van der Waals surface area contributed by atoms with E-state index >= 15 is 0 Å². The molecule has 0 aromatic heterocycles. The summed E-state index contributed by atoms with van der Waals surface area (Å²) < 4.78 is 4.90. The Balaban J connectivity index is 2.11. The zero-order chi connectivity index (χ0) is 14.8. The quantitative estimate of drug-likeness (QED) is 0.591. The van der Waals surface area contributed by atoms with Crippen molar-refractivity contribution < 1.29 is 14.3 Å². The number of carbonyl (C=O) groups is 2. The lowest BCUT2D eigenvalue weighted by Crippen LogP contribution is -2.43. The van der Waals surface area contributed by atoms with Crippen molar-refractivity contribution >= 4 is 11.8 Å². The Kier molecular flexibility index (Phi) is 8.22. The molecule has 0 heterocycles. The topological polar surface area (TPSA) is 70.7 Å². The van der Waals surface area contributed by atoms with Gasteiger partial charge in [-0.15, -0.1) is 0 Å². The molecule has 1 saturated carbocycles. The predicted molar refractivity (Wildman–Crippen MR) is 77.4 cm³/mol. The number of ether oxygens (including phenoxy) is 1. The second kappa shape index (κ2) is 9.72. The lowest BCUT2D eigenvalue weighted by atomic mass is 10.2. The van der Waals surface area contributed by atoms with E-state index in [1.807, 2.05) is 0 Å². The third-order valence-electron chi connectivity index (χ3n) is 3.55. The maximum absolute atomic E-state index is 11.9. The van der Waals surface area contributed by atoms with E-state index in [2.05, 4.69) is 10.6 Å². The Labute approximate surface area is 121 Å². The fourth-order valence-corrected chi connectivity index (χ4v) is 2.30. The Morgan fingerprint density at radius 1 is 1.30 bits per heavy atom. The van der Waals surface area contributed by atoms with Gasteiger partial charge in [0.15, 0.2) is 0 Å². The summed E-state index contributed by atoms with van der Waals surface area (Å²) in [5, 5.41) is 6.02. The van der Waals surface area contributed by atoms with E-state index < -0.39 is 0 Å². The van der Waals surface area contributed by atoms with Crippen molar-refractivity contribution in [2.75, 3.05) is 40.4 Å². The molecule has 0 spiro atoms. The normalized spacial score (nSPS) is 15.3. The highest BCUT2D eigenvalue weighted by Gasteiger charge is 2.17. The molecule has 116 valence electrons. The minimum absolute atomic E-state index is 0.0380. The van der Waals surface area contributed by atoms with Crippen molar-refractivity contribution in [2.24, 2.45) is 0 Å². The van der Waals surface area contributed by atoms with Gasteiger partial charge in [0, 0.05) is 33.4 Å². The molecule has 0 saturated heterocycles. The number of rotatable bonds is 9. The van der Waals surface area contributed by atoms with Crippen LogP contribution in [0.5, 0.6) is 0 Å². The van der Waals surface area contributed by atoms with E-state index in [1.165, 1.54) is 17.7 Å². The third-order valence-corrected chi connectivity index (χ3v) is 3.55. The van der Waals surface area contributed by atoms with Gasteiger partial charge in [-0.3, -0.25) is 9.59 Å². The molecule has 2 amide bonds. The lowest BCUT2D eigenvalue weighted by molar-refractivity contribution is -0.134. The van der Waals surface area contributed by atoms with Gasteiger partial charge in [-0.1, -0.05) is 12.8 Å². The molecule has 20 heavy (non-hydrogen) atoms. The van der Waals surface area contributed by atoms with E-state index in [0.717, 1.165) is 19.3 Å². The molecule has 0 aromatic rings. The van der Waals surface area contributed by atoms with Crippen LogP contribution in [0.4, 0.5) is 0 Å². The van der Waals surface area contributed by atoms with Crippen molar-refractivity contribution in [3.05, 3.63) is 0 Å². The second-order valence-corrected chi connectivity index (χ2v) is 5.31. The van der Waals surface area contributed by atoms with Crippen molar-refractivity contribution in [3.8, 4) is 0 Å². The summed E-state index contributed by atoms with van der Waals surface area (Å²) in [5.74, 6) is -0.165. The highest BCUT2D eigenvalue weighted by Crippen LogP contribution is 2.17. The maximum Gasteiger partial charge on any atom is 0.239 e. The first kappa shape index (κ1) is 16.9. The fraction of sp³-hybridized carbons (Fsp3) is 0.857. The average Bonchev–Trinajstić information content (AvgIpc) is 2.94. The molecular formula is C14H27N3O3. The van der Waals surface area contributed by atoms with E-state index in [0.29, 0.717) is 25.7 Å². The summed E-state index contributed by atoms with van der Waals surface area (Å²) in [6.45, 7) is 1.63. The van der Waals surface area contributed by atoms with Gasteiger partial charge in [-0.25, -0.2) is 0 Å². The Morgan fingerprint density at radius 2 is 2.00 bits per heavy atom. The number of nitrogens with one attached hydrogen (secondary N) is 2. The molecule has 0 bridgehead atoms. The van der Waals surface area contributed by atoms with Crippen molar-refractivity contribution in [1.82, 2.24) is 15.5 Å². The third kappa shape index (κ3) is 6.86. The van der Waals surface area contributed by atoms with Gasteiger partial charge in [-0.05, 0) is 19.3 Å². The minimum Gasteiger partial charge on any atom is -0.385 e. The highest BCUT2D eigenvalue weighted by molar-refractivity contribution is 5.85. The number of methoxy groups -OCH3 is 1. The first-order valence-electron chi connectivity index (χ1n) is 7.36. The zero-order valence-corrected chi connectivity index (χ0v) is 12.6. The van der Waals surface area contributed by atoms with Crippen LogP contribution >= 0.6 is 0 Å². The second-order valence-electron chi connectivity index (χ2n) is 5.31. The molecule has 0 unspecified atom stereocenters. The van der Waals surface area contributed by atoms with Gasteiger partial charge in [0.25, 0.3) is 0 Å². The first-order chi connectivity index (χ1) is 9.63. The molecule has 1 rings (SSSR count). The maximum atomic E-state index is 11.9. The molecule has 1 fully saturated rings. The summed E-state index contributed by atoms with van der Waals surface area (Å²) in [7, 11) is 3.29. The first-order valence-corrected chi connectivity index (χ1v) is 7.36. The molecule has 0 radical (unpaired) electrons. The van der Waals surface area contributed by atoms with E-state index in [4.69, 9.17) is 4.74 Å². The van der Waals surface area contributed by atoms with Crippen molar-refractivity contribution in [1.29, 1.82) is 0 Å². The highest BCUT2D eigenvalue weighted by atomic mass is 16.5. The van der Waals surface area contributed by atoms with Gasteiger partial charge in [0.05, 0.1) is 13.1 Å². The van der Waals surface area contributed by atoms with Gasteiger partial charge < -0.3 is 20.3 Å². The Morgan fingerprint density at radius 3 is 2.65 bits per heavy atom. The average molecular weight is 285 g/mol. The van der Waals surface area contributed by atoms with E-state index in [-0.39, 0.29) is 18.4 Å². The van der Waals surface area contributed by atoms with Crippen LogP contribution in [-0.2, 0) is 14.3 Å². The van der Waals surface area contributed by atoms with Crippen LogP contribution in [-0.4, -0.2) is 63.2 Å². The molecule has 0 aromatic carbocycles. The van der Waals surface area contributed by atoms with Gasteiger partial charge >= 0.3 is 0 Å². The predicted octanol–water partition coefficient (Wildman–Crippen LogP) is 0.130. The monoisotopic (exact) mass is 285 g/mol. The number of carbonyl (C=O) groups excluding carboxylic acids is 2. The van der Waals surface area contributed by atoms with Crippen LogP contribution in [0.15, 0.2) is 0 Å². The van der Waals surface area contributed by atoms with Crippen molar-refractivity contribution in [3.63, 3.8) is 0 Å². The number of amides is 2. The lowest BCUT2D eigenvalue weighted by Gasteiger charge is -2.19. The van der Waals surface area contributed by atoms with Gasteiger partial charge in [0.1, 0.15) is 0 Å². The van der Waals surface area contributed by atoms with Crippen LogP contribution in [0.2, 0.25) is 0 Å².